The van der Waals surface area contributed by atoms with Crippen molar-refractivity contribution in [3.63, 3.8) is 0 Å². The second-order valence-corrected chi connectivity index (χ2v) is 13.4. The van der Waals surface area contributed by atoms with Crippen LogP contribution >= 0.6 is 0 Å². The van der Waals surface area contributed by atoms with Gasteiger partial charge in [0.1, 0.15) is 18.1 Å². The van der Waals surface area contributed by atoms with Gasteiger partial charge in [-0.1, -0.05) is 60.8 Å². The van der Waals surface area contributed by atoms with Gasteiger partial charge in [-0.25, -0.2) is 0 Å². The third-order valence-electron chi connectivity index (χ3n) is 8.39. The van der Waals surface area contributed by atoms with Crippen molar-refractivity contribution in [2.24, 2.45) is 23.7 Å². The number of hydrogen-bond acceptors (Lipinski definition) is 7. The Morgan fingerprint density at radius 1 is 0.804 bits per heavy atom. The summed E-state index contributed by atoms with van der Waals surface area (Å²) in [7, 11) is 0. The number of likely N-dealkylation sites (N-methyl/N-ethyl adjacent to an activating group) is 1. The van der Waals surface area contributed by atoms with Crippen LogP contribution < -0.4 is 31.9 Å². The number of amides is 5. The Bertz CT molecular complexity index is 1140. The van der Waals surface area contributed by atoms with Gasteiger partial charge in [-0.2, -0.15) is 0 Å². The molecule has 0 aromatic carbocycles. The Morgan fingerprint density at radius 2 is 1.46 bits per heavy atom. The zero-order chi connectivity index (χ0) is 34.4. The SMILES string of the molecule is CCNC(=O)C(NC(=O)[C@H](C)NCC(CC(C)C)NC(=O)[C@H](CC1CC1)NC(=O)C(NC(=O)c1ccncc1)[C@@H](C)CC)C(C)C. The van der Waals surface area contributed by atoms with Gasteiger partial charge in [-0.15, -0.1) is 0 Å². The van der Waals surface area contributed by atoms with Crippen LogP contribution in [0.3, 0.4) is 0 Å². The number of hydrogen-bond donors (Lipinski definition) is 6. The summed E-state index contributed by atoms with van der Waals surface area (Å²) < 4.78 is 0. The van der Waals surface area contributed by atoms with E-state index in [9.17, 15) is 24.0 Å². The number of carbonyl (C=O) groups excluding carboxylic acids is 5. The van der Waals surface area contributed by atoms with Crippen molar-refractivity contribution in [3.05, 3.63) is 30.1 Å². The van der Waals surface area contributed by atoms with Crippen LogP contribution in [-0.2, 0) is 19.2 Å². The summed E-state index contributed by atoms with van der Waals surface area (Å²) in [6, 6.07) is 0.0353. The van der Waals surface area contributed by atoms with E-state index < -0.39 is 30.1 Å². The number of rotatable bonds is 20. The van der Waals surface area contributed by atoms with Crippen molar-refractivity contribution in [1.82, 2.24) is 36.9 Å². The molecule has 2 rings (SSSR count). The van der Waals surface area contributed by atoms with Gasteiger partial charge in [-0.3, -0.25) is 29.0 Å². The number of nitrogens with one attached hydrogen (secondary N) is 6. The third kappa shape index (κ3) is 13.1. The minimum Gasteiger partial charge on any atom is -0.355 e. The molecule has 1 heterocycles. The molecule has 258 valence electrons. The Kier molecular flexibility index (Phi) is 16.1. The first-order chi connectivity index (χ1) is 21.8. The van der Waals surface area contributed by atoms with E-state index in [0.717, 1.165) is 12.8 Å². The predicted molar refractivity (Wildman–Crippen MR) is 179 cm³/mol. The van der Waals surface area contributed by atoms with E-state index in [-0.39, 0.29) is 47.4 Å². The summed E-state index contributed by atoms with van der Waals surface area (Å²) in [5.74, 6) is -1.22. The molecule has 1 aromatic heterocycles. The van der Waals surface area contributed by atoms with Gasteiger partial charge in [0.15, 0.2) is 0 Å². The molecule has 1 saturated carbocycles. The molecule has 12 heteroatoms. The quantitative estimate of drug-likeness (QED) is 0.127. The second kappa shape index (κ2) is 19.2. The molecule has 6 N–H and O–H groups in total. The first-order valence-electron chi connectivity index (χ1n) is 16.9. The van der Waals surface area contributed by atoms with Gasteiger partial charge in [0.05, 0.1) is 6.04 Å². The van der Waals surface area contributed by atoms with Crippen LogP contribution in [0.15, 0.2) is 24.5 Å². The smallest absolute Gasteiger partial charge is 0.252 e. The Balaban J connectivity index is 2.10. The van der Waals surface area contributed by atoms with Crippen molar-refractivity contribution in [2.75, 3.05) is 13.1 Å². The molecule has 5 amide bonds. The van der Waals surface area contributed by atoms with Crippen LogP contribution in [0.1, 0.15) is 97.9 Å². The summed E-state index contributed by atoms with van der Waals surface area (Å²) in [6.45, 7) is 16.1. The maximum absolute atomic E-state index is 13.7. The normalized spacial score (nSPS) is 16.8. The van der Waals surface area contributed by atoms with Gasteiger partial charge >= 0.3 is 0 Å². The Hall–Kier alpha value is -3.54. The second-order valence-electron chi connectivity index (χ2n) is 13.4. The largest absolute Gasteiger partial charge is 0.355 e. The number of carbonyl (C=O) groups is 5. The van der Waals surface area contributed by atoms with Gasteiger partial charge in [-0.05, 0) is 62.5 Å². The van der Waals surface area contributed by atoms with Crippen LogP contribution in [0, 0.1) is 23.7 Å². The molecule has 0 radical (unpaired) electrons. The predicted octanol–water partition coefficient (Wildman–Crippen LogP) is 2.30. The lowest BCUT2D eigenvalue weighted by atomic mass is 9.97. The van der Waals surface area contributed by atoms with Crippen LogP contribution in [0.2, 0.25) is 0 Å². The lowest BCUT2D eigenvalue weighted by Gasteiger charge is -2.29. The average Bonchev–Trinajstić information content (AvgIpc) is 3.84. The summed E-state index contributed by atoms with van der Waals surface area (Å²) in [5.41, 5.74) is 0.402. The molecule has 12 nitrogen and oxygen atoms in total. The highest BCUT2D eigenvalue weighted by Crippen LogP contribution is 2.33. The minimum atomic E-state index is -0.818. The lowest BCUT2D eigenvalue weighted by molar-refractivity contribution is -0.131. The lowest BCUT2D eigenvalue weighted by Crippen LogP contribution is -2.58. The van der Waals surface area contributed by atoms with E-state index in [4.69, 9.17) is 0 Å². The molecule has 1 aromatic rings. The van der Waals surface area contributed by atoms with Crippen LogP contribution in [0.4, 0.5) is 0 Å². The molecule has 0 saturated heterocycles. The monoisotopic (exact) mass is 643 g/mol. The van der Waals surface area contributed by atoms with Gasteiger partial charge in [0.2, 0.25) is 23.6 Å². The van der Waals surface area contributed by atoms with Crippen molar-refractivity contribution < 1.29 is 24.0 Å². The van der Waals surface area contributed by atoms with Crippen LogP contribution in [0.5, 0.6) is 0 Å². The van der Waals surface area contributed by atoms with E-state index in [0.29, 0.717) is 43.8 Å². The molecular weight excluding hydrogens is 586 g/mol. The molecule has 3 unspecified atom stereocenters. The standard InChI is InChI=1S/C34H57N7O5/c1-9-22(7)29(41-31(43)25-13-15-35-16-14-25)34(46)39-27(18-24-11-12-24)32(44)38-26(17-20(3)4)19-37-23(8)30(42)40-28(21(5)6)33(45)36-10-2/h13-16,20-24,26-29,37H,9-12,17-19H2,1-8H3,(H,36,45)(H,38,44)(H,39,46)(H,40,42)(H,41,43)/t22-,23-,26?,27-,28?,29?/m0/s1. The highest BCUT2D eigenvalue weighted by Gasteiger charge is 2.35. The van der Waals surface area contributed by atoms with Gasteiger partial charge in [0.25, 0.3) is 5.91 Å². The molecule has 0 bridgehead atoms. The first kappa shape index (κ1) is 38.6. The Morgan fingerprint density at radius 3 is 2.00 bits per heavy atom. The average molecular weight is 644 g/mol. The minimum absolute atomic E-state index is 0.0850. The summed E-state index contributed by atoms with van der Waals surface area (Å²) in [6.07, 6.45) is 6.88. The summed E-state index contributed by atoms with van der Waals surface area (Å²) >= 11 is 0. The maximum Gasteiger partial charge on any atom is 0.252 e. The fourth-order valence-corrected chi connectivity index (χ4v) is 5.18. The molecule has 46 heavy (non-hydrogen) atoms. The number of aromatic nitrogens is 1. The van der Waals surface area contributed by atoms with Gasteiger partial charge in [0, 0.05) is 37.1 Å². The van der Waals surface area contributed by atoms with Crippen molar-refractivity contribution in [2.45, 2.75) is 118 Å². The van der Waals surface area contributed by atoms with Crippen LogP contribution in [-0.4, -0.2) is 77.8 Å². The first-order valence-corrected chi connectivity index (χ1v) is 16.9. The van der Waals surface area contributed by atoms with E-state index >= 15 is 0 Å². The molecule has 1 fully saturated rings. The van der Waals surface area contributed by atoms with E-state index in [1.165, 1.54) is 12.4 Å². The zero-order valence-electron chi connectivity index (χ0n) is 28.9. The molecule has 0 aliphatic heterocycles. The number of nitrogens with zero attached hydrogens (tertiary/aromatic N) is 1. The van der Waals surface area contributed by atoms with E-state index in [2.05, 4.69) is 50.7 Å². The maximum atomic E-state index is 13.7. The van der Waals surface area contributed by atoms with Gasteiger partial charge < -0.3 is 31.9 Å². The molecule has 1 aliphatic carbocycles. The molecule has 0 spiro atoms. The fourth-order valence-electron chi connectivity index (χ4n) is 5.18. The van der Waals surface area contributed by atoms with E-state index in [1.54, 1.807) is 19.1 Å². The molecule has 1 aliphatic rings. The van der Waals surface area contributed by atoms with Crippen LogP contribution in [0.25, 0.3) is 0 Å². The summed E-state index contributed by atoms with van der Waals surface area (Å²) in [4.78, 5) is 69.6. The third-order valence-corrected chi connectivity index (χ3v) is 8.39. The highest BCUT2D eigenvalue weighted by atomic mass is 16.2. The van der Waals surface area contributed by atoms with E-state index in [1.807, 2.05) is 34.6 Å². The molecular formula is C34H57N7O5. The summed E-state index contributed by atoms with van der Waals surface area (Å²) in [5, 5.41) is 17.8. The number of pyridine rings is 1. The topological polar surface area (TPSA) is 170 Å². The van der Waals surface area contributed by atoms with Crippen molar-refractivity contribution in [3.8, 4) is 0 Å². The Labute approximate surface area is 274 Å². The fraction of sp³-hybridized carbons (Fsp3) is 0.706. The highest BCUT2D eigenvalue weighted by molar-refractivity contribution is 5.98. The molecule has 6 atom stereocenters. The zero-order valence-corrected chi connectivity index (χ0v) is 28.9. The van der Waals surface area contributed by atoms with Crippen molar-refractivity contribution >= 4 is 29.5 Å². The van der Waals surface area contributed by atoms with Crippen molar-refractivity contribution in [1.29, 1.82) is 0 Å².